The molecule has 0 saturated carbocycles. The van der Waals surface area contributed by atoms with Crippen molar-refractivity contribution in [2.75, 3.05) is 0 Å². The van der Waals surface area contributed by atoms with Gasteiger partial charge in [0.2, 0.25) is 0 Å². The summed E-state index contributed by atoms with van der Waals surface area (Å²) in [6.45, 7) is 20.6. The number of hydrogen-bond acceptors (Lipinski definition) is 6. The maximum absolute atomic E-state index is 5.54. The minimum absolute atomic E-state index is 0.371. The van der Waals surface area contributed by atoms with Gasteiger partial charge in [-0.1, -0.05) is 55.4 Å². The number of aromatic nitrogens is 4. The van der Waals surface area contributed by atoms with E-state index in [1.165, 1.54) is 15.3 Å². The van der Waals surface area contributed by atoms with Gasteiger partial charge in [0.15, 0.2) is 5.58 Å². The van der Waals surface area contributed by atoms with E-state index in [1.807, 2.05) is 40.7 Å². The Kier molecular flexibility index (Phi) is 10.6. The van der Waals surface area contributed by atoms with Gasteiger partial charge in [0.25, 0.3) is 0 Å². The number of fused-ring (bicyclic) bond motifs is 2. The Hall–Kier alpha value is -2.34. The SMILES string of the molecule is CC.CC.Cc1cc2ncnc(C(C)C)c2o1.Cc1cc2ncnc(C(C)C)c2s1. The first-order chi connectivity index (χ1) is 14.4. The minimum Gasteiger partial charge on any atom is -0.458 e. The summed E-state index contributed by atoms with van der Waals surface area (Å²) in [5, 5.41) is 0. The molecule has 5 nitrogen and oxygen atoms in total. The van der Waals surface area contributed by atoms with Crippen LogP contribution in [0, 0.1) is 13.8 Å². The average molecular weight is 429 g/mol. The monoisotopic (exact) mass is 428 g/mol. The topological polar surface area (TPSA) is 64.7 Å². The van der Waals surface area contributed by atoms with Crippen LogP contribution in [0.4, 0.5) is 0 Å². The van der Waals surface area contributed by atoms with E-state index in [2.05, 4.69) is 60.6 Å². The number of nitrogens with zero attached hydrogens (tertiary/aromatic N) is 4. The van der Waals surface area contributed by atoms with Crippen LogP contribution in [0.1, 0.15) is 89.3 Å². The first-order valence-electron chi connectivity index (χ1n) is 10.8. The first-order valence-corrected chi connectivity index (χ1v) is 11.6. The van der Waals surface area contributed by atoms with Crippen LogP contribution in [0.15, 0.2) is 29.2 Å². The van der Waals surface area contributed by atoms with Gasteiger partial charge in [0.05, 0.1) is 21.6 Å². The molecule has 4 aromatic heterocycles. The van der Waals surface area contributed by atoms with Crippen LogP contribution in [0.3, 0.4) is 0 Å². The van der Waals surface area contributed by atoms with Crippen molar-refractivity contribution in [3.8, 4) is 0 Å². The third kappa shape index (κ3) is 6.33. The highest BCUT2D eigenvalue weighted by molar-refractivity contribution is 7.19. The lowest BCUT2D eigenvalue weighted by atomic mass is 10.1. The van der Waals surface area contributed by atoms with Gasteiger partial charge in [-0.05, 0) is 31.7 Å². The molecule has 0 unspecified atom stereocenters. The zero-order chi connectivity index (χ0) is 22.8. The molecule has 4 rings (SSSR count). The molecule has 0 aliphatic rings. The number of thiophene rings is 1. The number of aryl methyl sites for hydroxylation is 2. The van der Waals surface area contributed by atoms with Crippen molar-refractivity contribution in [2.45, 2.75) is 81.1 Å². The van der Waals surface area contributed by atoms with Crippen LogP contribution in [0.2, 0.25) is 0 Å². The Balaban J connectivity index is 0.000000258. The van der Waals surface area contributed by atoms with Crippen molar-refractivity contribution < 1.29 is 4.42 Å². The molecule has 0 aliphatic heterocycles. The van der Waals surface area contributed by atoms with Crippen molar-refractivity contribution in [2.24, 2.45) is 0 Å². The van der Waals surface area contributed by atoms with Crippen LogP contribution < -0.4 is 0 Å². The predicted octanol–water partition coefficient (Wildman–Crippen LogP) is 7.83. The Morgan fingerprint density at radius 2 is 1.27 bits per heavy atom. The summed E-state index contributed by atoms with van der Waals surface area (Å²) in [6.07, 6.45) is 3.25. The van der Waals surface area contributed by atoms with Crippen LogP contribution in [-0.4, -0.2) is 19.9 Å². The maximum Gasteiger partial charge on any atom is 0.174 e. The Morgan fingerprint density at radius 3 is 1.83 bits per heavy atom. The van der Waals surface area contributed by atoms with Gasteiger partial charge in [0, 0.05) is 10.9 Å². The molecule has 0 amide bonds. The molecule has 0 fully saturated rings. The Labute approximate surface area is 185 Å². The molecule has 0 radical (unpaired) electrons. The lowest BCUT2D eigenvalue weighted by molar-refractivity contribution is 0.568. The Bertz CT molecular complexity index is 950. The normalized spacial score (nSPS) is 10.3. The van der Waals surface area contributed by atoms with E-state index in [0.29, 0.717) is 11.8 Å². The predicted molar refractivity (Wildman–Crippen MR) is 130 cm³/mol. The van der Waals surface area contributed by atoms with Crippen LogP contribution in [0.5, 0.6) is 0 Å². The van der Waals surface area contributed by atoms with Gasteiger partial charge in [-0.2, -0.15) is 0 Å². The van der Waals surface area contributed by atoms with Crippen molar-refractivity contribution >= 4 is 32.7 Å². The Morgan fingerprint density at radius 1 is 0.733 bits per heavy atom. The summed E-state index contributed by atoms with van der Waals surface area (Å²) < 4.78 is 6.78. The fourth-order valence-electron chi connectivity index (χ4n) is 2.81. The molecule has 0 atom stereocenters. The van der Waals surface area contributed by atoms with E-state index in [1.54, 1.807) is 24.0 Å². The summed E-state index contributed by atoms with van der Waals surface area (Å²) in [7, 11) is 0. The molecule has 0 bridgehead atoms. The quantitative estimate of drug-likeness (QED) is 0.325. The highest BCUT2D eigenvalue weighted by Gasteiger charge is 2.11. The standard InChI is InChI=1S/C10H12N2O.C10H12N2S.2C2H6/c2*1-6(2)9-10-8(11-5-12-9)4-7(3)13-10;2*1-2/h2*4-6H,1-3H3;2*1-2H3. The molecular formula is C24H36N4OS. The molecule has 4 aromatic rings. The van der Waals surface area contributed by atoms with E-state index in [0.717, 1.165) is 28.1 Å². The van der Waals surface area contributed by atoms with E-state index >= 15 is 0 Å². The largest absolute Gasteiger partial charge is 0.458 e. The fraction of sp³-hybridized carbons (Fsp3) is 0.500. The molecule has 0 N–H and O–H groups in total. The summed E-state index contributed by atoms with van der Waals surface area (Å²) in [5.41, 5.74) is 4.97. The van der Waals surface area contributed by atoms with Crippen LogP contribution in [0.25, 0.3) is 21.3 Å². The number of hydrogen-bond donors (Lipinski definition) is 0. The third-order valence-corrected chi connectivity index (χ3v) is 5.08. The van der Waals surface area contributed by atoms with Gasteiger partial charge in [-0.25, -0.2) is 19.9 Å². The van der Waals surface area contributed by atoms with Crippen molar-refractivity contribution in [1.82, 2.24) is 19.9 Å². The molecule has 0 aromatic carbocycles. The summed E-state index contributed by atoms with van der Waals surface area (Å²) >= 11 is 1.78. The second-order valence-electron chi connectivity index (χ2n) is 6.97. The van der Waals surface area contributed by atoms with Gasteiger partial charge in [0.1, 0.15) is 23.9 Å². The number of rotatable bonds is 2. The lowest BCUT2D eigenvalue weighted by Gasteiger charge is -2.03. The smallest absolute Gasteiger partial charge is 0.174 e. The van der Waals surface area contributed by atoms with Crippen molar-refractivity contribution in [3.63, 3.8) is 0 Å². The zero-order valence-electron chi connectivity index (χ0n) is 20.1. The van der Waals surface area contributed by atoms with E-state index in [9.17, 15) is 0 Å². The average Bonchev–Trinajstić information content (AvgIpc) is 3.31. The molecular weight excluding hydrogens is 392 g/mol. The highest BCUT2D eigenvalue weighted by atomic mass is 32.1. The molecule has 6 heteroatoms. The highest BCUT2D eigenvalue weighted by Crippen LogP contribution is 2.29. The second-order valence-corrected chi connectivity index (χ2v) is 8.23. The third-order valence-electron chi connectivity index (χ3n) is 4.02. The summed E-state index contributed by atoms with van der Waals surface area (Å²) in [6, 6.07) is 4.05. The van der Waals surface area contributed by atoms with Gasteiger partial charge in [-0.15, -0.1) is 11.3 Å². The zero-order valence-corrected chi connectivity index (χ0v) is 20.9. The second kappa shape index (κ2) is 12.4. The summed E-state index contributed by atoms with van der Waals surface area (Å²) in [4.78, 5) is 18.2. The molecule has 0 aliphatic carbocycles. The summed E-state index contributed by atoms with van der Waals surface area (Å²) in [5.74, 6) is 1.73. The minimum atomic E-state index is 0.371. The lowest BCUT2D eigenvalue weighted by Crippen LogP contribution is -1.93. The van der Waals surface area contributed by atoms with Gasteiger partial charge < -0.3 is 4.42 Å². The van der Waals surface area contributed by atoms with Crippen molar-refractivity contribution in [3.05, 3.63) is 46.8 Å². The molecule has 0 spiro atoms. The van der Waals surface area contributed by atoms with Crippen LogP contribution >= 0.6 is 11.3 Å². The fourth-order valence-corrected chi connectivity index (χ4v) is 3.91. The van der Waals surface area contributed by atoms with E-state index in [-0.39, 0.29) is 0 Å². The van der Waals surface area contributed by atoms with Crippen LogP contribution in [-0.2, 0) is 0 Å². The first kappa shape index (κ1) is 25.7. The maximum atomic E-state index is 5.54. The van der Waals surface area contributed by atoms with Crippen molar-refractivity contribution in [1.29, 1.82) is 0 Å². The molecule has 164 valence electrons. The van der Waals surface area contributed by atoms with Gasteiger partial charge >= 0.3 is 0 Å². The van der Waals surface area contributed by atoms with E-state index < -0.39 is 0 Å². The number of furan rings is 1. The van der Waals surface area contributed by atoms with Gasteiger partial charge in [-0.3, -0.25) is 0 Å². The molecule has 0 saturated heterocycles. The van der Waals surface area contributed by atoms with E-state index in [4.69, 9.17) is 4.42 Å². The molecule has 4 heterocycles. The molecule has 30 heavy (non-hydrogen) atoms.